The summed E-state index contributed by atoms with van der Waals surface area (Å²) in [5, 5.41) is 25.7. The molecule has 0 aliphatic rings. The zero-order valence-electron chi connectivity index (χ0n) is 11.2. The van der Waals surface area contributed by atoms with Crippen LogP contribution in [0.25, 0.3) is 10.2 Å². The molecule has 2 aromatic rings. The number of carbonyl (C=O) groups is 2. The number of fused-ring (bicyclic) bond motifs is 1. The van der Waals surface area contributed by atoms with Crippen molar-refractivity contribution >= 4 is 33.4 Å². The summed E-state index contributed by atoms with van der Waals surface area (Å²) in [6.07, 6.45) is -1.17. The first-order chi connectivity index (χ1) is 9.31. The molecule has 20 heavy (non-hydrogen) atoms. The maximum Gasteiger partial charge on any atom is 0.328 e. The molecule has 8 heteroatoms. The van der Waals surface area contributed by atoms with E-state index in [9.17, 15) is 14.7 Å². The summed E-state index contributed by atoms with van der Waals surface area (Å²) < 4.78 is 1.68. The summed E-state index contributed by atoms with van der Waals surface area (Å²) in [4.78, 5) is 24.2. The molecule has 7 nitrogen and oxygen atoms in total. The zero-order valence-corrected chi connectivity index (χ0v) is 12.1. The van der Waals surface area contributed by atoms with E-state index in [1.54, 1.807) is 17.8 Å². The van der Waals surface area contributed by atoms with Crippen molar-refractivity contribution in [1.29, 1.82) is 0 Å². The average Bonchev–Trinajstić information content (AvgIpc) is 2.88. The Morgan fingerprint density at radius 2 is 2.15 bits per heavy atom. The van der Waals surface area contributed by atoms with Crippen LogP contribution in [0.5, 0.6) is 0 Å². The summed E-state index contributed by atoms with van der Waals surface area (Å²) in [7, 11) is 1.78. The number of hydrogen-bond acceptors (Lipinski definition) is 5. The topological polar surface area (TPSA) is 104 Å². The van der Waals surface area contributed by atoms with Crippen molar-refractivity contribution in [2.75, 3.05) is 0 Å². The van der Waals surface area contributed by atoms with E-state index in [1.807, 2.05) is 6.92 Å². The number of nitrogens with one attached hydrogen (secondary N) is 1. The summed E-state index contributed by atoms with van der Waals surface area (Å²) in [6, 6.07) is 0.352. The lowest BCUT2D eigenvalue weighted by atomic mass is 10.2. The third-order valence-corrected chi connectivity index (χ3v) is 4.16. The lowest BCUT2D eigenvalue weighted by molar-refractivity contribution is -0.141. The van der Waals surface area contributed by atoms with E-state index in [0.29, 0.717) is 4.88 Å². The standard InChI is InChI=1S/C12H15N3O4S/c1-5-7-4-8(20-11(7)15(3)14-5)10(17)13-9(6(2)16)12(18)19/h4,6,9,16H,1-3H3,(H,13,17)(H,18,19)/t6-,9+/m1/s1. The summed E-state index contributed by atoms with van der Waals surface area (Å²) in [6.45, 7) is 3.16. The highest BCUT2D eigenvalue weighted by Gasteiger charge is 2.26. The van der Waals surface area contributed by atoms with Crippen LogP contribution in [0.2, 0.25) is 0 Å². The fourth-order valence-corrected chi connectivity index (χ4v) is 2.94. The van der Waals surface area contributed by atoms with Crippen molar-refractivity contribution in [3.63, 3.8) is 0 Å². The van der Waals surface area contributed by atoms with Gasteiger partial charge < -0.3 is 15.5 Å². The minimum Gasteiger partial charge on any atom is -0.480 e. The number of carboxylic acid groups (broad SMARTS) is 1. The van der Waals surface area contributed by atoms with Gasteiger partial charge in [-0.3, -0.25) is 9.48 Å². The van der Waals surface area contributed by atoms with Gasteiger partial charge in [0.05, 0.1) is 16.7 Å². The van der Waals surface area contributed by atoms with Gasteiger partial charge >= 0.3 is 5.97 Å². The van der Waals surface area contributed by atoms with Gasteiger partial charge in [0.25, 0.3) is 5.91 Å². The second-order valence-electron chi connectivity index (χ2n) is 4.57. The fourth-order valence-electron chi connectivity index (χ4n) is 1.92. The smallest absolute Gasteiger partial charge is 0.328 e. The van der Waals surface area contributed by atoms with Gasteiger partial charge in [0.2, 0.25) is 0 Å². The minimum absolute atomic E-state index is 0.392. The molecule has 0 saturated carbocycles. The third-order valence-electron chi connectivity index (χ3n) is 2.96. The number of aromatic nitrogens is 2. The van der Waals surface area contributed by atoms with E-state index >= 15 is 0 Å². The Morgan fingerprint density at radius 3 is 2.65 bits per heavy atom. The van der Waals surface area contributed by atoms with E-state index in [1.165, 1.54) is 18.3 Å². The number of amides is 1. The highest BCUT2D eigenvalue weighted by Crippen LogP contribution is 2.27. The van der Waals surface area contributed by atoms with Crippen LogP contribution in [0.3, 0.4) is 0 Å². The molecule has 2 aromatic heterocycles. The molecule has 3 N–H and O–H groups in total. The fraction of sp³-hybridized carbons (Fsp3) is 0.417. The zero-order chi connectivity index (χ0) is 15.0. The van der Waals surface area contributed by atoms with Crippen molar-refractivity contribution in [3.8, 4) is 0 Å². The Labute approximate surface area is 118 Å². The summed E-state index contributed by atoms with van der Waals surface area (Å²) in [5.74, 6) is -1.79. The molecule has 0 fully saturated rings. The van der Waals surface area contributed by atoms with Crippen molar-refractivity contribution < 1.29 is 19.8 Å². The highest BCUT2D eigenvalue weighted by molar-refractivity contribution is 7.20. The second kappa shape index (κ2) is 5.22. The Balaban J connectivity index is 2.27. The number of aliphatic carboxylic acids is 1. The van der Waals surface area contributed by atoms with Crippen LogP contribution in [-0.4, -0.2) is 44.0 Å². The third kappa shape index (κ3) is 2.52. The van der Waals surface area contributed by atoms with Crippen LogP contribution in [0.4, 0.5) is 0 Å². The summed E-state index contributed by atoms with van der Waals surface area (Å²) >= 11 is 1.23. The van der Waals surface area contributed by atoms with Gasteiger partial charge in [0.15, 0.2) is 6.04 Å². The molecule has 0 bridgehead atoms. The maximum absolute atomic E-state index is 12.0. The van der Waals surface area contributed by atoms with Gasteiger partial charge in [0.1, 0.15) is 4.83 Å². The largest absolute Gasteiger partial charge is 0.480 e. The predicted molar refractivity (Wildman–Crippen MR) is 73.9 cm³/mol. The molecule has 1 amide bonds. The van der Waals surface area contributed by atoms with E-state index < -0.39 is 24.0 Å². The molecular formula is C12H15N3O4S. The van der Waals surface area contributed by atoms with Crippen LogP contribution >= 0.6 is 11.3 Å². The minimum atomic E-state index is -1.33. The molecule has 2 heterocycles. The Hall–Kier alpha value is -1.93. The van der Waals surface area contributed by atoms with Crippen LogP contribution in [0, 0.1) is 6.92 Å². The van der Waals surface area contributed by atoms with Crippen molar-refractivity contribution in [2.45, 2.75) is 26.0 Å². The number of rotatable bonds is 4. The molecule has 0 aromatic carbocycles. The van der Waals surface area contributed by atoms with Crippen LogP contribution < -0.4 is 5.32 Å². The lowest BCUT2D eigenvalue weighted by Crippen LogP contribution is -2.47. The molecule has 0 spiro atoms. The van der Waals surface area contributed by atoms with Gasteiger partial charge in [-0.1, -0.05) is 0 Å². The number of carboxylic acids is 1. The Bertz CT molecular complexity index is 639. The van der Waals surface area contributed by atoms with Crippen molar-refractivity contribution in [1.82, 2.24) is 15.1 Å². The van der Waals surface area contributed by atoms with Crippen LogP contribution in [0.1, 0.15) is 22.3 Å². The first kappa shape index (κ1) is 14.5. The lowest BCUT2D eigenvalue weighted by Gasteiger charge is -2.16. The van der Waals surface area contributed by atoms with Gasteiger partial charge in [-0.25, -0.2) is 4.79 Å². The molecule has 0 radical (unpaired) electrons. The molecule has 0 unspecified atom stereocenters. The molecule has 108 valence electrons. The number of thiophene rings is 1. The molecule has 0 saturated heterocycles. The van der Waals surface area contributed by atoms with E-state index in [-0.39, 0.29) is 0 Å². The quantitative estimate of drug-likeness (QED) is 0.762. The van der Waals surface area contributed by atoms with Crippen molar-refractivity contribution in [2.24, 2.45) is 7.05 Å². The molecule has 0 aliphatic carbocycles. The van der Waals surface area contributed by atoms with Gasteiger partial charge in [-0.2, -0.15) is 5.10 Å². The van der Waals surface area contributed by atoms with Gasteiger partial charge in [0, 0.05) is 12.4 Å². The number of hydrogen-bond donors (Lipinski definition) is 3. The van der Waals surface area contributed by atoms with Crippen LogP contribution in [-0.2, 0) is 11.8 Å². The van der Waals surface area contributed by atoms with E-state index in [2.05, 4.69) is 10.4 Å². The second-order valence-corrected chi connectivity index (χ2v) is 5.60. The number of carbonyl (C=O) groups excluding carboxylic acids is 1. The van der Waals surface area contributed by atoms with Gasteiger partial charge in [-0.05, 0) is 19.9 Å². The van der Waals surface area contributed by atoms with E-state index in [4.69, 9.17) is 5.11 Å². The average molecular weight is 297 g/mol. The first-order valence-electron chi connectivity index (χ1n) is 5.96. The van der Waals surface area contributed by atoms with E-state index in [0.717, 1.165) is 15.9 Å². The normalized spacial score (nSPS) is 14.2. The SMILES string of the molecule is Cc1nn(C)c2sc(C(=O)N[C@H](C(=O)O)[C@@H](C)O)cc12. The van der Waals surface area contributed by atoms with Crippen LogP contribution in [0.15, 0.2) is 6.07 Å². The Kier molecular flexibility index (Phi) is 3.78. The first-order valence-corrected chi connectivity index (χ1v) is 6.77. The maximum atomic E-state index is 12.0. The Morgan fingerprint density at radius 1 is 1.50 bits per heavy atom. The number of nitrogens with zero attached hydrogens (tertiary/aromatic N) is 2. The number of aliphatic hydroxyl groups is 1. The van der Waals surface area contributed by atoms with Crippen molar-refractivity contribution in [3.05, 3.63) is 16.6 Å². The molecular weight excluding hydrogens is 282 g/mol. The number of aliphatic hydroxyl groups excluding tert-OH is 1. The summed E-state index contributed by atoms with van der Waals surface area (Å²) in [5.41, 5.74) is 0.808. The molecule has 0 aliphatic heterocycles. The molecule has 2 rings (SSSR count). The molecule has 2 atom stereocenters. The monoisotopic (exact) mass is 297 g/mol. The highest BCUT2D eigenvalue weighted by atomic mass is 32.1. The van der Waals surface area contributed by atoms with Gasteiger partial charge in [-0.15, -0.1) is 11.3 Å². The number of aryl methyl sites for hydroxylation is 2. The predicted octanol–water partition coefficient (Wildman–Crippen LogP) is 0.507.